The van der Waals surface area contributed by atoms with Crippen molar-refractivity contribution in [3.63, 3.8) is 0 Å². The number of ether oxygens (including phenoxy) is 1. The van der Waals surface area contributed by atoms with E-state index in [2.05, 4.69) is 19.2 Å². The van der Waals surface area contributed by atoms with Crippen molar-refractivity contribution in [3.8, 4) is 5.75 Å². The van der Waals surface area contributed by atoms with E-state index in [-0.39, 0.29) is 5.91 Å². The van der Waals surface area contributed by atoms with Gasteiger partial charge in [-0.1, -0.05) is 26.0 Å². The molecule has 1 amide bonds. The van der Waals surface area contributed by atoms with Gasteiger partial charge in [-0.2, -0.15) is 0 Å². The summed E-state index contributed by atoms with van der Waals surface area (Å²) in [6, 6.07) is 9.85. The van der Waals surface area contributed by atoms with Gasteiger partial charge in [0.1, 0.15) is 12.4 Å². The van der Waals surface area contributed by atoms with E-state index in [0.29, 0.717) is 19.1 Å². The highest BCUT2D eigenvalue weighted by atomic mass is 32.1. The van der Waals surface area contributed by atoms with Gasteiger partial charge in [0.2, 0.25) is 0 Å². The average Bonchev–Trinajstić information content (AvgIpc) is 2.91. The van der Waals surface area contributed by atoms with Gasteiger partial charge < -0.3 is 10.1 Å². The first-order valence-electron chi connectivity index (χ1n) is 7.09. The summed E-state index contributed by atoms with van der Waals surface area (Å²) < 4.78 is 5.74. The van der Waals surface area contributed by atoms with Crippen molar-refractivity contribution in [1.82, 2.24) is 5.32 Å². The largest absolute Gasteiger partial charge is 0.489 e. The molecule has 0 saturated carbocycles. The molecule has 0 fully saturated rings. The molecule has 0 atom stereocenters. The van der Waals surface area contributed by atoms with E-state index >= 15 is 0 Å². The lowest BCUT2D eigenvalue weighted by Crippen LogP contribution is -2.26. The number of rotatable bonds is 6. The third-order valence-electron chi connectivity index (χ3n) is 2.94. The molecule has 0 unspecified atom stereocenters. The van der Waals surface area contributed by atoms with E-state index in [4.69, 9.17) is 4.74 Å². The maximum absolute atomic E-state index is 11.9. The van der Waals surface area contributed by atoms with Crippen LogP contribution in [-0.4, -0.2) is 12.5 Å². The number of thiophene rings is 1. The molecule has 0 spiro atoms. The predicted molar refractivity (Wildman–Crippen MR) is 87.0 cm³/mol. The molecule has 0 aliphatic heterocycles. The molecule has 1 N–H and O–H groups in total. The zero-order valence-corrected chi connectivity index (χ0v) is 13.5. The summed E-state index contributed by atoms with van der Waals surface area (Å²) in [5, 5.41) is 4.90. The average molecular weight is 303 g/mol. The Labute approximate surface area is 130 Å². The number of aryl methyl sites for hydroxylation is 1. The Morgan fingerprint density at radius 3 is 2.86 bits per heavy atom. The lowest BCUT2D eigenvalue weighted by Gasteiger charge is -2.06. The van der Waals surface area contributed by atoms with Crippen LogP contribution in [0.25, 0.3) is 0 Å². The first-order chi connectivity index (χ1) is 10.0. The minimum atomic E-state index is -0.00416. The van der Waals surface area contributed by atoms with E-state index in [0.717, 1.165) is 16.2 Å². The van der Waals surface area contributed by atoms with E-state index in [9.17, 15) is 4.79 Å². The third-order valence-corrected chi connectivity index (χ3v) is 3.92. The van der Waals surface area contributed by atoms with Crippen molar-refractivity contribution in [3.05, 3.63) is 51.7 Å². The molecule has 4 heteroatoms. The number of benzene rings is 1. The fourth-order valence-corrected chi connectivity index (χ4v) is 2.64. The van der Waals surface area contributed by atoms with Gasteiger partial charge in [0.25, 0.3) is 5.91 Å². The summed E-state index contributed by atoms with van der Waals surface area (Å²) >= 11 is 1.46. The summed E-state index contributed by atoms with van der Waals surface area (Å²) in [5.74, 6) is 1.31. The second-order valence-corrected chi connectivity index (χ2v) is 6.44. The normalized spacial score (nSPS) is 10.7. The molecule has 21 heavy (non-hydrogen) atoms. The summed E-state index contributed by atoms with van der Waals surface area (Å²) in [5.41, 5.74) is 2.20. The van der Waals surface area contributed by atoms with Crippen molar-refractivity contribution in [2.75, 3.05) is 6.54 Å². The summed E-state index contributed by atoms with van der Waals surface area (Å²) in [6.07, 6.45) is 0. The van der Waals surface area contributed by atoms with Gasteiger partial charge in [0.05, 0.1) is 4.88 Å². The standard InChI is InChI=1S/C17H21NO2S/c1-12(2)9-18-17(19)16-8-14(11-21-16)10-20-15-6-4-5-13(3)7-15/h4-8,11-12H,9-10H2,1-3H3,(H,18,19). The predicted octanol–water partition coefficient (Wildman–Crippen LogP) is 4.02. The van der Waals surface area contributed by atoms with Gasteiger partial charge in [0.15, 0.2) is 0 Å². The molecule has 1 heterocycles. The Balaban J connectivity index is 1.89. The fourth-order valence-electron chi connectivity index (χ4n) is 1.83. The topological polar surface area (TPSA) is 38.3 Å². The van der Waals surface area contributed by atoms with Crippen LogP contribution in [-0.2, 0) is 6.61 Å². The molecular formula is C17H21NO2S. The number of carbonyl (C=O) groups excluding carboxylic acids is 1. The van der Waals surface area contributed by atoms with Crippen LogP contribution in [0, 0.1) is 12.8 Å². The van der Waals surface area contributed by atoms with Crippen molar-refractivity contribution in [2.45, 2.75) is 27.4 Å². The highest BCUT2D eigenvalue weighted by molar-refractivity contribution is 7.12. The maximum atomic E-state index is 11.9. The second-order valence-electron chi connectivity index (χ2n) is 5.53. The molecule has 0 aliphatic carbocycles. The van der Waals surface area contributed by atoms with Crippen LogP contribution in [0.5, 0.6) is 5.75 Å². The highest BCUT2D eigenvalue weighted by Gasteiger charge is 2.09. The van der Waals surface area contributed by atoms with Crippen LogP contribution >= 0.6 is 11.3 Å². The van der Waals surface area contributed by atoms with Gasteiger partial charge in [-0.05, 0) is 42.0 Å². The maximum Gasteiger partial charge on any atom is 0.261 e. The van der Waals surface area contributed by atoms with Crippen LogP contribution in [0.1, 0.15) is 34.6 Å². The zero-order valence-electron chi connectivity index (χ0n) is 12.7. The Morgan fingerprint density at radius 2 is 2.14 bits per heavy atom. The fraction of sp³-hybridized carbons (Fsp3) is 0.353. The van der Waals surface area contributed by atoms with Crippen LogP contribution in [0.3, 0.4) is 0 Å². The Morgan fingerprint density at radius 1 is 1.33 bits per heavy atom. The molecule has 2 aromatic rings. The van der Waals surface area contributed by atoms with Crippen molar-refractivity contribution in [1.29, 1.82) is 0 Å². The van der Waals surface area contributed by atoms with Crippen LogP contribution in [0.2, 0.25) is 0 Å². The van der Waals surface area contributed by atoms with Crippen molar-refractivity contribution in [2.24, 2.45) is 5.92 Å². The summed E-state index contributed by atoms with van der Waals surface area (Å²) in [4.78, 5) is 12.7. The Hall–Kier alpha value is -1.81. The monoisotopic (exact) mass is 303 g/mol. The quantitative estimate of drug-likeness (QED) is 0.875. The van der Waals surface area contributed by atoms with Crippen LogP contribution < -0.4 is 10.1 Å². The van der Waals surface area contributed by atoms with Gasteiger partial charge >= 0.3 is 0 Å². The molecule has 3 nitrogen and oxygen atoms in total. The third kappa shape index (κ3) is 4.90. The zero-order chi connectivity index (χ0) is 15.2. The Kier molecular flexibility index (Phi) is 5.39. The molecule has 0 saturated heterocycles. The van der Waals surface area contributed by atoms with E-state index in [1.54, 1.807) is 0 Å². The van der Waals surface area contributed by atoms with Gasteiger partial charge in [-0.25, -0.2) is 0 Å². The second kappa shape index (κ2) is 7.27. The van der Waals surface area contributed by atoms with E-state index < -0.39 is 0 Å². The van der Waals surface area contributed by atoms with Gasteiger partial charge in [-0.15, -0.1) is 11.3 Å². The smallest absolute Gasteiger partial charge is 0.261 e. The minimum absolute atomic E-state index is 0.00416. The Bertz CT molecular complexity index is 604. The molecule has 0 radical (unpaired) electrons. The highest BCUT2D eigenvalue weighted by Crippen LogP contribution is 2.18. The van der Waals surface area contributed by atoms with Crippen molar-refractivity contribution >= 4 is 17.2 Å². The molecule has 1 aromatic carbocycles. The number of hydrogen-bond donors (Lipinski definition) is 1. The molecule has 0 aliphatic rings. The molecule has 0 bridgehead atoms. The summed E-state index contributed by atoms with van der Waals surface area (Å²) in [6.45, 7) is 7.38. The lowest BCUT2D eigenvalue weighted by atomic mass is 10.2. The number of nitrogens with one attached hydrogen (secondary N) is 1. The number of carbonyl (C=O) groups is 1. The van der Waals surface area contributed by atoms with E-state index in [1.807, 2.05) is 42.6 Å². The molecule has 2 rings (SSSR count). The first kappa shape index (κ1) is 15.6. The number of hydrogen-bond acceptors (Lipinski definition) is 3. The lowest BCUT2D eigenvalue weighted by molar-refractivity contribution is 0.0953. The molecular weight excluding hydrogens is 282 g/mol. The SMILES string of the molecule is Cc1cccc(OCc2csc(C(=O)NCC(C)C)c2)c1. The van der Waals surface area contributed by atoms with E-state index in [1.165, 1.54) is 16.9 Å². The van der Waals surface area contributed by atoms with Gasteiger partial charge in [0, 0.05) is 12.1 Å². The van der Waals surface area contributed by atoms with Crippen LogP contribution in [0.15, 0.2) is 35.7 Å². The minimum Gasteiger partial charge on any atom is -0.489 e. The van der Waals surface area contributed by atoms with Gasteiger partial charge in [-0.3, -0.25) is 4.79 Å². The molecule has 112 valence electrons. The first-order valence-corrected chi connectivity index (χ1v) is 7.97. The summed E-state index contributed by atoms with van der Waals surface area (Å²) in [7, 11) is 0. The molecule has 1 aromatic heterocycles. The van der Waals surface area contributed by atoms with Crippen molar-refractivity contribution < 1.29 is 9.53 Å². The number of amides is 1. The van der Waals surface area contributed by atoms with Crippen LogP contribution in [0.4, 0.5) is 0 Å².